The summed E-state index contributed by atoms with van der Waals surface area (Å²) in [5.41, 5.74) is 4.75. The van der Waals surface area contributed by atoms with Crippen LogP contribution in [0.25, 0.3) is 160 Å². The first-order chi connectivity index (χ1) is 65.7. The fourth-order valence-corrected chi connectivity index (χ4v) is 25.3. The van der Waals surface area contributed by atoms with Crippen LogP contribution in [0.5, 0.6) is 0 Å². The molecular formula is C108H65N9O15S3. The third-order valence-electron chi connectivity index (χ3n) is 28.8. The van der Waals surface area contributed by atoms with E-state index in [-0.39, 0.29) is 55.0 Å². The Morgan fingerprint density at radius 1 is 0.244 bits per heavy atom. The van der Waals surface area contributed by atoms with Gasteiger partial charge < -0.3 is 14.2 Å². The van der Waals surface area contributed by atoms with E-state index in [2.05, 4.69) is 15.0 Å². The monoisotopic (exact) mass is 1820 g/mol. The quantitative estimate of drug-likeness (QED) is 0.0413. The van der Waals surface area contributed by atoms with Crippen LogP contribution in [0.3, 0.4) is 0 Å². The molecule has 0 aliphatic carbocycles. The molecule has 27 rings (SSSR count). The highest BCUT2D eigenvalue weighted by molar-refractivity contribution is 7.23. The average Bonchev–Trinajstić information content (AvgIpc) is 1.64. The molecule has 9 heterocycles. The van der Waals surface area contributed by atoms with Crippen molar-refractivity contribution in [2.75, 3.05) is 54.3 Å². The van der Waals surface area contributed by atoms with Crippen LogP contribution in [0.4, 0.5) is 15.4 Å². The number of ether oxygens (including phenoxy) is 3. The van der Waals surface area contributed by atoms with Gasteiger partial charge in [-0.15, -0.1) is 0 Å². The van der Waals surface area contributed by atoms with Crippen LogP contribution in [-0.2, 0) is 14.2 Å². The number of rotatable bonds is 19. The minimum atomic E-state index is -1.07. The van der Waals surface area contributed by atoms with E-state index in [0.717, 1.165) is 93.4 Å². The largest absolute Gasteiger partial charge is 0.379 e. The number of hydrogen-bond donors (Lipinski definition) is 0. The Balaban J connectivity index is 0.476. The molecule has 0 saturated carbocycles. The van der Waals surface area contributed by atoms with Gasteiger partial charge in [0.1, 0.15) is 0 Å². The fourth-order valence-electron chi connectivity index (χ4n) is 22.4. The first-order valence-corrected chi connectivity index (χ1v) is 46.8. The predicted octanol–water partition coefficient (Wildman–Crippen LogP) is 20.9. The van der Waals surface area contributed by atoms with Gasteiger partial charge in [0.25, 0.3) is 70.9 Å². The summed E-state index contributed by atoms with van der Waals surface area (Å²) in [5, 5.41) is 16.7. The minimum absolute atomic E-state index is 0.0933. The van der Waals surface area contributed by atoms with Crippen LogP contribution in [0.2, 0.25) is 0 Å². The molecule has 12 amide bonds. The Morgan fingerprint density at radius 3 is 0.600 bits per heavy atom. The SMILES string of the molecule is CCC(COCC(C)N1C(=O)c2ccc3c4ccc5c6c(ccc(c7ccc(c2c37)C1=O)c64)C(=O)N(c1nc2ccccc2s1)C5=O)(COCC(C)N1C(=O)c2ccc3c4ccc5c6c(ccc(c7ccc(c2c37)C1=O)c64)C(=O)N(c1nc2ccccc2s1)C5=O)COCC(C)N1C(=O)c2ccc3c4ccc5c6c(ccc(c7ccc(c2c37)C1=O)c64)C(=O)N(c1nc2ccccc2s1)C5=O. The number of thiazole rings is 3. The van der Waals surface area contributed by atoms with Gasteiger partial charge in [-0.1, -0.05) is 150 Å². The van der Waals surface area contributed by atoms with E-state index in [9.17, 15) is 28.8 Å². The molecule has 24 nitrogen and oxygen atoms in total. The predicted molar refractivity (Wildman–Crippen MR) is 520 cm³/mol. The number of amides is 12. The summed E-state index contributed by atoms with van der Waals surface area (Å²) < 4.78 is 22.8. The van der Waals surface area contributed by atoms with Gasteiger partial charge >= 0.3 is 0 Å². The highest BCUT2D eigenvalue weighted by Crippen LogP contribution is 2.53. The molecule has 650 valence electrons. The summed E-state index contributed by atoms with van der Waals surface area (Å²) in [6.45, 7) is 6.35. The zero-order valence-corrected chi connectivity index (χ0v) is 74.3. The van der Waals surface area contributed by atoms with E-state index < -0.39 is 94.4 Å². The highest BCUT2D eigenvalue weighted by atomic mass is 32.1. The van der Waals surface area contributed by atoms with Gasteiger partial charge in [0.05, 0.1) is 88.4 Å². The van der Waals surface area contributed by atoms with Crippen LogP contribution in [0.15, 0.2) is 218 Å². The maximum atomic E-state index is 15.3. The number of benzene rings is 18. The lowest BCUT2D eigenvalue weighted by Gasteiger charge is -2.37. The third-order valence-corrected chi connectivity index (χ3v) is 31.9. The van der Waals surface area contributed by atoms with Crippen LogP contribution < -0.4 is 14.7 Å². The maximum Gasteiger partial charge on any atom is 0.267 e. The lowest BCUT2D eigenvalue weighted by molar-refractivity contribution is -0.0841. The second kappa shape index (κ2) is 28.2. The Morgan fingerprint density at radius 2 is 0.422 bits per heavy atom. The molecule has 6 aliphatic rings. The summed E-state index contributed by atoms with van der Waals surface area (Å²) in [5.74, 6) is -6.25. The summed E-state index contributed by atoms with van der Waals surface area (Å²) >= 11 is 3.78. The number of carbonyl (C=O) groups is 12. The van der Waals surface area contributed by atoms with E-state index in [0.29, 0.717) is 154 Å². The first-order valence-electron chi connectivity index (χ1n) is 44.4. The number of aromatic nitrogens is 3. The number of fused-ring (bicyclic) bond motifs is 9. The first kappa shape index (κ1) is 79.0. The number of hydrogen-bond acceptors (Lipinski definition) is 21. The van der Waals surface area contributed by atoms with E-state index in [4.69, 9.17) is 14.2 Å². The van der Waals surface area contributed by atoms with Gasteiger partial charge in [-0.05, 0) is 233 Å². The van der Waals surface area contributed by atoms with Crippen molar-refractivity contribution in [2.24, 2.45) is 5.41 Å². The van der Waals surface area contributed by atoms with E-state index in [1.54, 1.807) is 93.6 Å². The fraction of sp³-hybridized carbons (Fsp3) is 0.139. The van der Waals surface area contributed by atoms with E-state index in [1.807, 2.05) is 153 Å². The summed E-state index contributed by atoms with van der Waals surface area (Å²) in [7, 11) is 0. The molecule has 3 atom stereocenters. The van der Waals surface area contributed by atoms with Gasteiger partial charge in [0, 0.05) is 104 Å². The maximum absolute atomic E-state index is 15.3. The average molecular weight is 1820 g/mol. The van der Waals surface area contributed by atoms with E-state index >= 15 is 28.8 Å². The van der Waals surface area contributed by atoms with Crippen LogP contribution >= 0.6 is 34.0 Å². The third kappa shape index (κ3) is 10.5. The van der Waals surface area contributed by atoms with Crippen molar-refractivity contribution in [1.82, 2.24) is 29.7 Å². The molecule has 0 saturated heterocycles. The molecule has 0 N–H and O–H groups in total. The number of nitrogens with zero attached hydrogens (tertiary/aromatic N) is 9. The van der Waals surface area contributed by atoms with Gasteiger partial charge in [-0.2, -0.15) is 0 Å². The Kier molecular flexibility index (Phi) is 16.5. The molecule has 3 aromatic heterocycles. The number of para-hydroxylation sites is 3. The van der Waals surface area contributed by atoms with Gasteiger partial charge in [-0.3, -0.25) is 72.2 Å². The molecule has 3 unspecified atom stereocenters. The molecule has 6 aliphatic heterocycles. The topological polar surface area (TPSA) is 291 Å². The standard InChI is InChI=1S/C108H65N9O15S3/c1-5-108(45-130-42-48(2)112-93(118)63-30-18-51-57-24-36-69-90-70(100(125)115(99(69)124)105-109-75-12-6-9-15-78(75)133-105)37-25-58(84(57)90)52-19-31-64(94(112)119)87(63)81(51)52,46-131-43-49(3)113-95(120)65-32-20-53-59-26-38-71-91-72(102(127)116(101(71)126)106-110-76-13-7-10-16-79(76)134-106)39-27-60(85(59)91)54-21-33-66(96(113)121)88(65)82(53)54)47-132-44-50(4)114-97(122)67-34-22-55-61-28-40-73-92-74(104(129)117(103(73)128)107-111-77-14-8-11-17-80(77)135-107)41-29-62(86(61)92)56-23-35-68(98(114)123)89(67)83(55)56/h6-41,48-50H,5,42-47H2,1-4H3. The van der Waals surface area contributed by atoms with Gasteiger partial charge in [-0.25, -0.2) is 29.7 Å². The zero-order chi connectivity index (χ0) is 91.4. The Bertz CT molecular complexity index is 8000. The molecule has 27 heteroatoms. The molecule has 18 aromatic carbocycles. The van der Waals surface area contributed by atoms with E-state index in [1.165, 1.54) is 48.7 Å². The van der Waals surface area contributed by atoms with Crippen molar-refractivity contribution >= 4 is 280 Å². The Hall–Kier alpha value is -15.8. The normalized spacial score (nSPS) is 16.4. The lowest BCUT2D eigenvalue weighted by Crippen LogP contribution is -2.49. The van der Waals surface area contributed by atoms with Gasteiger partial charge in [0.2, 0.25) is 15.4 Å². The highest BCUT2D eigenvalue weighted by Gasteiger charge is 2.47. The number of anilines is 3. The summed E-state index contributed by atoms with van der Waals surface area (Å²) in [6, 6.07) is 62.8. The molecule has 135 heavy (non-hydrogen) atoms. The van der Waals surface area contributed by atoms with Crippen molar-refractivity contribution in [3.05, 3.63) is 285 Å². The molecule has 0 spiro atoms. The second-order valence-electron chi connectivity index (χ2n) is 36.0. The van der Waals surface area contributed by atoms with Crippen molar-refractivity contribution in [3.63, 3.8) is 0 Å². The molecule has 0 radical (unpaired) electrons. The second-order valence-corrected chi connectivity index (χ2v) is 39.1. The molecule has 0 fully saturated rings. The van der Waals surface area contributed by atoms with Crippen molar-refractivity contribution in [3.8, 4) is 0 Å². The van der Waals surface area contributed by atoms with Crippen LogP contribution in [0.1, 0.15) is 158 Å². The number of carbonyl (C=O) groups excluding carboxylic acids is 12. The van der Waals surface area contributed by atoms with Crippen molar-refractivity contribution in [1.29, 1.82) is 0 Å². The molecule has 0 bridgehead atoms. The Labute approximate surface area is 773 Å². The van der Waals surface area contributed by atoms with Crippen molar-refractivity contribution < 1.29 is 71.7 Å². The minimum Gasteiger partial charge on any atom is -0.379 e. The van der Waals surface area contributed by atoms with Crippen molar-refractivity contribution in [2.45, 2.75) is 52.2 Å². The lowest BCUT2D eigenvalue weighted by atomic mass is 9.82. The van der Waals surface area contributed by atoms with Crippen LogP contribution in [-0.4, -0.2) is 158 Å². The van der Waals surface area contributed by atoms with Crippen LogP contribution in [0, 0.1) is 5.41 Å². The number of imide groups is 6. The molecular weight excluding hydrogens is 1760 g/mol. The molecule has 21 aromatic rings. The van der Waals surface area contributed by atoms with Gasteiger partial charge in [0.15, 0.2) is 0 Å². The summed E-state index contributed by atoms with van der Waals surface area (Å²) in [6.07, 6.45) is 0.326. The smallest absolute Gasteiger partial charge is 0.267 e. The zero-order valence-electron chi connectivity index (χ0n) is 71.8. The summed E-state index contributed by atoms with van der Waals surface area (Å²) in [4.78, 5) is 201.